The number of nitrogens with one attached hydrogen (secondary N) is 2. The Hall–Kier alpha value is 0.270. The van der Waals surface area contributed by atoms with Crippen LogP contribution in [0.25, 0.3) is 0 Å². The van der Waals surface area contributed by atoms with E-state index in [2.05, 4.69) is 22.4 Å². The second-order valence-corrected chi connectivity index (χ2v) is 7.49. The van der Waals surface area contributed by atoms with E-state index >= 15 is 0 Å². The van der Waals surface area contributed by atoms with Crippen LogP contribution in [0.15, 0.2) is 0 Å². The molecule has 1 saturated carbocycles. The zero-order chi connectivity index (χ0) is 12.2. The summed E-state index contributed by atoms with van der Waals surface area (Å²) in [5, 5.41) is 7.79. The van der Waals surface area contributed by atoms with Gasteiger partial charge in [0.05, 0.1) is 0 Å². The second-order valence-electron chi connectivity index (χ2n) is 6.34. The molecular weight excluding hydrogens is 240 g/mol. The van der Waals surface area contributed by atoms with Crippen molar-refractivity contribution in [3.8, 4) is 0 Å². The Morgan fingerprint density at radius 1 is 0.944 bits per heavy atom. The second kappa shape index (κ2) is 6.62. The molecule has 0 amide bonds. The third-order valence-corrected chi connectivity index (χ3v) is 6.26. The molecule has 0 aromatic carbocycles. The van der Waals surface area contributed by atoms with Crippen LogP contribution in [0.5, 0.6) is 0 Å². The fourth-order valence-electron chi connectivity index (χ4n) is 4.10. The molecule has 0 spiro atoms. The van der Waals surface area contributed by atoms with Crippen molar-refractivity contribution in [2.24, 2.45) is 5.92 Å². The van der Waals surface area contributed by atoms with Gasteiger partial charge in [-0.1, -0.05) is 12.8 Å². The van der Waals surface area contributed by atoms with E-state index in [4.69, 9.17) is 0 Å². The average molecular weight is 268 g/mol. The Morgan fingerprint density at radius 3 is 2.72 bits per heavy atom. The van der Waals surface area contributed by atoms with Gasteiger partial charge in [-0.2, -0.15) is 11.8 Å². The van der Waals surface area contributed by atoms with Gasteiger partial charge >= 0.3 is 0 Å². The molecule has 2 aliphatic heterocycles. The van der Waals surface area contributed by atoms with Crippen molar-refractivity contribution in [2.75, 3.05) is 18.1 Å². The molecule has 104 valence electrons. The molecule has 0 radical (unpaired) electrons. The lowest BCUT2D eigenvalue weighted by Crippen LogP contribution is -2.50. The SMILES string of the molecule is C1CCC(C2CCCC2NC2CCCSC2)NC1. The first-order valence-electron chi connectivity index (χ1n) is 8.00. The molecule has 2 nitrogen and oxygen atoms in total. The molecule has 0 aromatic rings. The number of thioether (sulfide) groups is 1. The molecular formula is C15H28N2S. The van der Waals surface area contributed by atoms with Gasteiger partial charge in [-0.25, -0.2) is 0 Å². The quantitative estimate of drug-likeness (QED) is 0.823. The first kappa shape index (κ1) is 13.3. The first-order valence-corrected chi connectivity index (χ1v) is 9.16. The molecule has 3 rings (SSSR count). The lowest BCUT2D eigenvalue weighted by molar-refractivity contribution is 0.246. The largest absolute Gasteiger partial charge is 0.314 e. The third-order valence-electron chi connectivity index (χ3n) is 5.04. The number of hydrogen-bond donors (Lipinski definition) is 2. The zero-order valence-corrected chi connectivity index (χ0v) is 12.3. The monoisotopic (exact) mass is 268 g/mol. The van der Waals surface area contributed by atoms with Crippen molar-refractivity contribution in [1.29, 1.82) is 0 Å². The predicted molar refractivity (Wildman–Crippen MR) is 80.3 cm³/mol. The van der Waals surface area contributed by atoms with Crippen LogP contribution in [0, 0.1) is 5.92 Å². The van der Waals surface area contributed by atoms with E-state index in [9.17, 15) is 0 Å². The predicted octanol–water partition coefficient (Wildman–Crippen LogP) is 2.78. The summed E-state index contributed by atoms with van der Waals surface area (Å²) in [4.78, 5) is 0. The molecule has 4 unspecified atom stereocenters. The molecule has 2 N–H and O–H groups in total. The summed E-state index contributed by atoms with van der Waals surface area (Å²) in [5.41, 5.74) is 0. The first-order chi connectivity index (χ1) is 8.93. The van der Waals surface area contributed by atoms with Crippen molar-refractivity contribution in [2.45, 2.75) is 69.5 Å². The minimum Gasteiger partial charge on any atom is -0.314 e. The van der Waals surface area contributed by atoms with E-state index < -0.39 is 0 Å². The molecule has 0 bridgehead atoms. The van der Waals surface area contributed by atoms with Gasteiger partial charge in [0.25, 0.3) is 0 Å². The maximum absolute atomic E-state index is 4.00. The topological polar surface area (TPSA) is 24.1 Å². The van der Waals surface area contributed by atoms with Gasteiger partial charge in [0, 0.05) is 23.9 Å². The summed E-state index contributed by atoms with van der Waals surface area (Å²) in [7, 11) is 0. The van der Waals surface area contributed by atoms with Crippen molar-refractivity contribution in [1.82, 2.24) is 10.6 Å². The van der Waals surface area contributed by atoms with Crippen molar-refractivity contribution >= 4 is 11.8 Å². The maximum atomic E-state index is 4.00. The summed E-state index contributed by atoms with van der Waals surface area (Å²) in [6.45, 7) is 1.26. The Kier molecular flexibility index (Phi) is 4.88. The Morgan fingerprint density at radius 2 is 1.94 bits per heavy atom. The molecule has 2 saturated heterocycles. The normalized spacial score (nSPS) is 42.0. The average Bonchev–Trinajstić information content (AvgIpc) is 2.89. The summed E-state index contributed by atoms with van der Waals surface area (Å²) in [6, 6.07) is 2.43. The maximum Gasteiger partial charge on any atom is 0.0161 e. The van der Waals surface area contributed by atoms with E-state index in [0.717, 1.165) is 24.0 Å². The molecule has 3 fully saturated rings. The van der Waals surface area contributed by atoms with Gasteiger partial charge in [0.1, 0.15) is 0 Å². The van der Waals surface area contributed by atoms with Gasteiger partial charge in [-0.05, 0) is 56.7 Å². The zero-order valence-electron chi connectivity index (χ0n) is 11.5. The van der Waals surface area contributed by atoms with Gasteiger partial charge in [0.15, 0.2) is 0 Å². The van der Waals surface area contributed by atoms with Gasteiger partial charge in [0.2, 0.25) is 0 Å². The van der Waals surface area contributed by atoms with Crippen molar-refractivity contribution in [3.63, 3.8) is 0 Å². The highest BCUT2D eigenvalue weighted by atomic mass is 32.2. The molecule has 2 heterocycles. The van der Waals surface area contributed by atoms with Crippen LogP contribution in [0.4, 0.5) is 0 Å². The highest BCUT2D eigenvalue weighted by Gasteiger charge is 2.35. The standard InChI is InChI=1S/C15H28N2S/c1-2-9-16-14(7-1)13-6-3-8-15(13)17-12-5-4-10-18-11-12/h12-17H,1-11H2. The summed E-state index contributed by atoms with van der Waals surface area (Å²) >= 11 is 2.15. The van der Waals surface area contributed by atoms with Crippen LogP contribution < -0.4 is 10.6 Å². The lowest BCUT2D eigenvalue weighted by Gasteiger charge is -2.35. The van der Waals surface area contributed by atoms with Crippen LogP contribution in [-0.4, -0.2) is 36.2 Å². The van der Waals surface area contributed by atoms with Crippen LogP contribution in [-0.2, 0) is 0 Å². The lowest BCUT2D eigenvalue weighted by atomic mass is 9.88. The summed E-state index contributed by atoms with van der Waals surface area (Å²) < 4.78 is 0. The Balaban J connectivity index is 1.53. The minimum atomic E-state index is 0.804. The number of hydrogen-bond acceptors (Lipinski definition) is 3. The van der Waals surface area contributed by atoms with E-state index in [1.165, 1.54) is 69.4 Å². The summed E-state index contributed by atoms with van der Waals surface area (Å²) in [5.74, 6) is 3.65. The van der Waals surface area contributed by atoms with Gasteiger partial charge in [-0.15, -0.1) is 0 Å². The Labute approximate surface area is 116 Å². The third kappa shape index (κ3) is 3.23. The smallest absolute Gasteiger partial charge is 0.0161 e. The molecule has 3 heteroatoms. The molecule has 18 heavy (non-hydrogen) atoms. The van der Waals surface area contributed by atoms with E-state index in [1.54, 1.807) is 0 Å². The fraction of sp³-hybridized carbons (Fsp3) is 1.00. The van der Waals surface area contributed by atoms with E-state index in [0.29, 0.717) is 0 Å². The number of rotatable bonds is 3. The van der Waals surface area contributed by atoms with Crippen LogP contribution in [0.1, 0.15) is 51.4 Å². The molecule has 4 atom stereocenters. The molecule has 0 aromatic heterocycles. The highest BCUT2D eigenvalue weighted by molar-refractivity contribution is 7.99. The van der Waals surface area contributed by atoms with Gasteiger partial charge in [-0.3, -0.25) is 0 Å². The van der Waals surface area contributed by atoms with Crippen LogP contribution >= 0.6 is 11.8 Å². The highest BCUT2D eigenvalue weighted by Crippen LogP contribution is 2.32. The van der Waals surface area contributed by atoms with Gasteiger partial charge < -0.3 is 10.6 Å². The van der Waals surface area contributed by atoms with Crippen molar-refractivity contribution in [3.05, 3.63) is 0 Å². The van der Waals surface area contributed by atoms with Crippen LogP contribution in [0.3, 0.4) is 0 Å². The molecule has 1 aliphatic carbocycles. The number of piperidine rings is 1. The summed E-state index contributed by atoms with van der Waals surface area (Å²) in [6.07, 6.45) is 11.4. The van der Waals surface area contributed by atoms with Crippen LogP contribution in [0.2, 0.25) is 0 Å². The molecule has 3 aliphatic rings. The Bertz CT molecular complexity index is 247. The minimum absolute atomic E-state index is 0.804. The van der Waals surface area contributed by atoms with E-state index in [1.807, 2.05) is 0 Å². The van der Waals surface area contributed by atoms with E-state index in [-0.39, 0.29) is 0 Å². The van der Waals surface area contributed by atoms with Crippen molar-refractivity contribution < 1.29 is 0 Å². The fourth-order valence-corrected chi connectivity index (χ4v) is 5.18.